The van der Waals surface area contributed by atoms with Crippen molar-refractivity contribution in [2.24, 2.45) is 0 Å². The SMILES string of the molecule is COC(S(=O)(=O)O)S(=O)(=O)O. The van der Waals surface area contributed by atoms with Crippen LogP contribution in [0.25, 0.3) is 0 Å². The van der Waals surface area contributed by atoms with Gasteiger partial charge in [-0.25, -0.2) is 0 Å². The maximum Gasteiger partial charge on any atom is 0.310 e. The molecule has 0 fully saturated rings. The predicted octanol–water partition coefficient (Wildman–Crippen LogP) is -1.31. The van der Waals surface area contributed by atoms with E-state index in [1.54, 1.807) is 0 Å². The Kier molecular flexibility index (Phi) is 2.97. The summed E-state index contributed by atoms with van der Waals surface area (Å²) < 4.78 is 57.8. The monoisotopic (exact) mass is 206 g/mol. The van der Waals surface area contributed by atoms with Gasteiger partial charge >= 0.3 is 25.0 Å². The molecule has 0 saturated heterocycles. The summed E-state index contributed by atoms with van der Waals surface area (Å²) in [7, 11) is -9.15. The van der Waals surface area contributed by atoms with Gasteiger partial charge in [-0.2, -0.15) is 16.8 Å². The van der Waals surface area contributed by atoms with Crippen molar-refractivity contribution >= 4 is 20.2 Å². The molecule has 0 bridgehead atoms. The molecule has 0 aliphatic heterocycles. The van der Waals surface area contributed by atoms with Gasteiger partial charge in [0.25, 0.3) is 0 Å². The molecule has 0 aliphatic carbocycles. The average Bonchev–Trinajstić information content (AvgIpc) is 1.56. The third-order valence-electron chi connectivity index (χ3n) is 0.679. The van der Waals surface area contributed by atoms with Gasteiger partial charge in [-0.05, 0) is 0 Å². The molecule has 0 atom stereocenters. The van der Waals surface area contributed by atoms with Gasteiger partial charge < -0.3 is 4.74 Å². The quantitative estimate of drug-likeness (QED) is 0.550. The molecule has 11 heavy (non-hydrogen) atoms. The van der Waals surface area contributed by atoms with Crippen LogP contribution >= 0.6 is 0 Å². The summed E-state index contributed by atoms with van der Waals surface area (Å²) in [6.45, 7) is 0. The van der Waals surface area contributed by atoms with Crippen LogP contribution in [0.3, 0.4) is 0 Å². The van der Waals surface area contributed by atoms with E-state index in [4.69, 9.17) is 9.11 Å². The largest absolute Gasteiger partial charge is 0.349 e. The molecule has 9 heteroatoms. The van der Waals surface area contributed by atoms with Gasteiger partial charge in [0.2, 0.25) is 0 Å². The first-order valence-electron chi connectivity index (χ1n) is 2.15. The van der Waals surface area contributed by atoms with Crippen LogP contribution < -0.4 is 0 Å². The van der Waals surface area contributed by atoms with Crippen molar-refractivity contribution in [3.63, 3.8) is 0 Å². The highest BCUT2D eigenvalue weighted by atomic mass is 32.3. The van der Waals surface area contributed by atoms with E-state index < -0.39 is 25.0 Å². The highest BCUT2D eigenvalue weighted by Crippen LogP contribution is 2.06. The lowest BCUT2D eigenvalue weighted by molar-refractivity contribution is 0.198. The van der Waals surface area contributed by atoms with E-state index in [-0.39, 0.29) is 0 Å². The van der Waals surface area contributed by atoms with Crippen molar-refractivity contribution in [3.05, 3.63) is 0 Å². The van der Waals surface area contributed by atoms with Crippen molar-refractivity contribution in [1.29, 1.82) is 0 Å². The minimum atomic E-state index is -4.93. The molecule has 0 aromatic rings. The van der Waals surface area contributed by atoms with E-state index in [1.165, 1.54) is 0 Å². The van der Waals surface area contributed by atoms with E-state index in [0.29, 0.717) is 7.11 Å². The van der Waals surface area contributed by atoms with Gasteiger partial charge in [0.1, 0.15) is 0 Å². The highest BCUT2D eigenvalue weighted by Gasteiger charge is 2.35. The molecule has 0 spiro atoms. The Bertz CT molecular complexity index is 276. The average molecular weight is 206 g/mol. The highest BCUT2D eigenvalue weighted by molar-refractivity contribution is 8.03. The third kappa shape index (κ3) is 3.12. The molecule has 0 aromatic heterocycles. The molecule has 0 heterocycles. The Morgan fingerprint density at radius 3 is 1.36 bits per heavy atom. The normalized spacial score (nSPS) is 13.8. The van der Waals surface area contributed by atoms with E-state index in [0.717, 1.165) is 0 Å². The molecule has 2 N–H and O–H groups in total. The molecule has 0 aliphatic rings. The zero-order valence-corrected chi connectivity index (χ0v) is 6.96. The summed E-state index contributed by atoms with van der Waals surface area (Å²) in [5.74, 6) is 0. The molecule has 0 rings (SSSR count). The van der Waals surface area contributed by atoms with Crippen molar-refractivity contribution in [3.8, 4) is 0 Å². The minimum absolute atomic E-state index is 0.714. The van der Waals surface area contributed by atoms with Gasteiger partial charge in [-0.1, -0.05) is 0 Å². The Labute approximate surface area is 63.5 Å². The maximum atomic E-state index is 10.1. The minimum Gasteiger partial charge on any atom is -0.349 e. The summed E-state index contributed by atoms with van der Waals surface area (Å²) >= 11 is 0. The summed E-state index contributed by atoms with van der Waals surface area (Å²) in [5, 5.41) is 0. The lowest BCUT2D eigenvalue weighted by Crippen LogP contribution is -2.31. The third-order valence-corrected chi connectivity index (χ3v) is 3.50. The molecule has 0 amide bonds. The molecule has 0 saturated carbocycles. The van der Waals surface area contributed by atoms with Gasteiger partial charge in [0, 0.05) is 7.11 Å². The topological polar surface area (TPSA) is 118 Å². The lowest BCUT2D eigenvalue weighted by atomic mass is 11.5. The molecule has 7 nitrogen and oxygen atoms in total. The predicted molar refractivity (Wildman–Crippen MR) is 33.9 cm³/mol. The van der Waals surface area contributed by atoms with E-state index in [1.807, 2.05) is 0 Å². The van der Waals surface area contributed by atoms with Gasteiger partial charge in [-0.3, -0.25) is 9.11 Å². The van der Waals surface area contributed by atoms with Crippen molar-refractivity contribution in [2.75, 3.05) is 7.11 Å². The van der Waals surface area contributed by atoms with Crippen molar-refractivity contribution in [1.82, 2.24) is 0 Å². The standard InChI is InChI=1S/C2H6O7S2/c1-9-2(10(3,4)5)11(6,7)8/h2H,1H3,(H,3,4,5)(H,6,7,8). The first-order chi connectivity index (χ1) is 4.69. The Morgan fingerprint density at radius 1 is 1.09 bits per heavy atom. The number of methoxy groups -OCH3 is 1. The molecular formula is C2H6O7S2. The van der Waals surface area contributed by atoms with Crippen LogP contribution in [-0.2, 0) is 25.0 Å². The van der Waals surface area contributed by atoms with E-state index >= 15 is 0 Å². The first-order valence-corrected chi connectivity index (χ1v) is 5.15. The van der Waals surface area contributed by atoms with E-state index in [9.17, 15) is 16.8 Å². The second kappa shape index (κ2) is 3.03. The second-order valence-corrected chi connectivity index (χ2v) is 4.77. The molecule has 0 radical (unpaired) electrons. The smallest absolute Gasteiger partial charge is 0.310 e. The Hall–Kier alpha value is -0.220. The fraction of sp³-hybridized carbons (Fsp3) is 1.00. The number of ether oxygens (including phenoxy) is 1. The van der Waals surface area contributed by atoms with Crippen molar-refractivity contribution < 1.29 is 30.7 Å². The van der Waals surface area contributed by atoms with E-state index in [2.05, 4.69) is 4.74 Å². The Morgan fingerprint density at radius 2 is 1.36 bits per heavy atom. The summed E-state index contributed by atoms with van der Waals surface area (Å²) in [6, 6.07) is 0. The zero-order valence-electron chi connectivity index (χ0n) is 5.33. The van der Waals surface area contributed by atoms with Crippen LogP contribution in [0.4, 0.5) is 0 Å². The van der Waals surface area contributed by atoms with Gasteiger partial charge in [0.05, 0.1) is 0 Å². The van der Waals surface area contributed by atoms with Gasteiger partial charge in [-0.15, -0.1) is 0 Å². The number of hydrogen-bond acceptors (Lipinski definition) is 5. The fourth-order valence-corrected chi connectivity index (χ4v) is 2.11. The van der Waals surface area contributed by atoms with Crippen LogP contribution in [0.5, 0.6) is 0 Å². The summed E-state index contributed by atoms with van der Waals surface area (Å²) in [4.78, 5) is 0. The Balaban J connectivity index is 5.05. The zero-order chi connectivity index (χ0) is 9.28. The molecule has 0 unspecified atom stereocenters. The fourth-order valence-electron chi connectivity index (χ4n) is 0.397. The van der Waals surface area contributed by atoms with Crippen LogP contribution in [0.15, 0.2) is 0 Å². The van der Waals surface area contributed by atoms with Crippen LogP contribution in [-0.4, -0.2) is 37.8 Å². The second-order valence-electron chi connectivity index (χ2n) is 1.55. The van der Waals surface area contributed by atoms with Crippen molar-refractivity contribution in [2.45, 2.75) is 4.77 Å². The van der Waals surface area contributed by atoms with Crippen LogP contribution in [0.1, 0.15) is 0 Å². The number of hydrogen-bond donors (Lipinski definition) is 2. The molecule has 68 valence electrons. The molecule has 0 aromatic carbocycles. The van der Waals surface area contributed by atoms with Crippen LogP contribution in [0.2, 0.25) is 0 Å². The summed E-state index contributed by atoms with van der Waals surface area (Å²) in [6.07, 6.45) is 0. The number of rotatable bonds is 3. The first kappa shape index (κ1) is 10.8. The summed E-state index contributed by atoms with van der Waals surface area (Å²) in [5.41, 5.74) is 0. The molecular weight excluding hydrogens is 200 g/mol. The maximum absolute atomic E-state index is 10.1. The van der Waals surface area contributed by atoms with Crippen LogP contribution in [0, 0.1) is 0 Å². The van der Waals surface area contributed by atoms with Gasteiger partial charge in [0.15, 0.2) is 0 Å². The lowest BCUT2D eigenvalue weighted by Gasteiger charge is -2.06.